The van der Waals surface area contributed by atoms with Crippen molar-refractivity contribution >= 4 is 15.9 Å². The summed E-state index contributed by atoms with van der Waals surface area (Å²) < 4.78 is 15.2. The number of hydrogen-bond acceptors (Lipinski definition) is 2. The van der Waals surface area contributed by atoms with Gasteiger partial charge in [0.1, 0.15) is 5.67 Å². The maximum atomic E-state index is 14.3. The van der Waals surface area contributed by atoms with E-state index in [0.717, 1.165) is 23.1 Å². The summed E-state index contributed by atoms with van der Waals surface area (Å²) in [4.78, 5) is 4.05. The molecule has 0 aromatic carbocycles. The molecule has 15 heavy (non-hydrogen) atoms. The quantitative estimate of drug-likeness (QED) is 0.895. The first-order valence-electron chi connectivity index (χ1n) is 5.17. The fourth-order valence-electron chi connectivity index (χ4n) is 1.97. The Kier molecular flexibility index (Phi) is 3.36. The second kappa shape index (κ2) is 4.58. The lowest BCUT2D eigenvalue weighted by Crippen LogP contribution is -2.40. The van der Waals surface area contributed by atoms with Gasteiger partial charge in [0.05, 0.1) is 0 Å². The van der Waals surface area contributed by atoms with Gasteiger partial charge in [0.2, 0.25) is 0 Å². The van der Waals surface area contributed by atoms with E-state index in [2.05, 4.69) is 26.2 Å². The van der Waals surface area contributed by atoms with E-state index in [1.165, 1.54) is 0 Å². The molecule has 0 spiro atoms. The zero-order valence-electron chi connectivity index (χ0n) is 8.47. The molecule has 1 saturated heterocycles. The molecule has 2 rings (SSSR count). The average Bonchev–Trinajstić information content (AvgIpc) is 2.18. The molecule has 0 saturated carbocycles. The highest BCUT2D eigenvalue weighted by Gasteiger charge is 2.31. The first-order chi connectivity index (χ1) is 7.18. The maximum absolute atomic E-state index is 14.3. The zero-order valence-corrected chi connectivity index (χ0v) is 10.1. The van der Waals surface area contributed by atoms with Gasteiger partial charge in [-0.15, -0.1) is 0 Å². The molecular weight excluding hydrogens is 259 g/mol. The Balaban J connectivity index is 2.06. The van der Waals surface area contributed by atoms with Crippen molar-refractivity contribution < 1.29 is 4.39 Å². The highest BCUT2D eigenvalue weighted by molar-refractivity contribution is 9.10. The van der Waals surface area contributed by atoms with E-state index in [-0.39, 0.29) is 0 Å². The Morgan fingerprint density at radius 3 is 2.80 bits per heavy atom. The van der Waals surface area contributed by atoms with Gasteiger partial charge < -0.3 is 5.32 Å². The van der Waals surface area contributed by atoms with E-state index in [4.69, 9.17) is 0 Å². The minimum atomic E-state index is -1.05. The Morgan fingerprint density at radius 1 is 1.40 bits per heavy atom. The van der Waals surface area contributed by atoms with Crippen molar-refractivity contribution in [2.24, 2.45) is 0 Å². The molecule has 0 unspecified atom stereocenters. The lowest BCUT2D eigenvalue weighted by atomic mass is 9.88. The summed E-state index contributed by atoms with van der Waals surface area (Å²) in [7, 11) is 0. The molecule has 0 amide bonds. The standard InChI is InChI=1S/C11H14BrFN2/c12-10-5-9(7-15-8-10)6-11(13)1-3-14-4-2-11/h5,7-8,14H,1-4,6H2. The monoisotopic (exact) mass is 272 g/mol. The molecule has 1 aromatic heterocycles. The molecular formula is C11H14BrFN2. The molecule has 82 valence electrons. The summed E-state index contributed by atoms with van der Waals surface area (Å²) in [6.45, 7) is 1.55. The molecule has 2 heterocycles. The van der Waals surface area contributed by atoms with Crippen LogP contribution in [0.1, 0.15) is 18.4 Å². The third-order valence-corrected chi connectivity index (χ3v) is 3.22. The SMILES string of the molecule is FC1(Cc2cncc(Br)c2)CCNCC1. The van der Waals surface area contributed by atoms with E-state index in [9.17, 15) is 4.39 Å². The summed E-state index contributed by atoms with van der Waals surface area (Å²) >= 11 is 3.35. The van der Waals surface area contributed by atoms with Crippen LogP contribution in [0, 0.1) is 0 Å². The zero-order chi connectivity index (χ0) is 10.7. The molecule has 1 fully saturated rings. The van der Waals surface area contributed by atoms with E-state index < -0.39 is 5.67 Å². The summed E-state index contributed by atoms with van der Waals surface area (Å²) in [5.41, 5.74) is -0.0814. The lowest BCUT2D eigenvalue weighted by Gasteiger charge is -2.30. The molecule has 1 aromatic rings. The van der Waals surface area contributed by atoms with Crippen molar-refractivity contribution in [3.05, 3.63) is 28.5 Å². The molecule has 0 radical (unpaired) electrons. The van der Waals surface area contributed by atoms with Crippen LogP contribution < -0.4 is 5.32 Å². The maximum Gasteiger partial charge on any atom is 0.117 e. The van der Waals surface area contributed by atoms with Crippen LogP contribution in [0.5, 0.6) is 0 Å². The number of nitrogens with one attached hydrogen (secondary N) is 1. The van der Waals surface area contributed by atoms with Gasteiger partial charge in [0, 0.05) is 23.3 Å². The first-order valence-corrected chi connectivity index (χ1v) is 5.96. The van der Waals surface area contributed by atoms with Crippen LogP contribution in [-0.2, 0) is 6.42 Å². The van der Waals surface area contributed by atoms with E-state index >= 15 is 0 Å². The Bertz CT molecular complexity index is 337. The molecule has 0 aliphatic carbocycles. The van der Waals surface area contributed by atoms with Crippen LogP contribution in [0.4, 0.5) is 4.39 Å². The largest absolute Gasteiger partial charge is 0.316 e. The van der Waals surface area contributed by atoms with Gasteiger partial charge in [-0.1, -0.05) is 0 Å². The third-order valence-electron chi connectivity index (χ3n) is 2.78. The van der Waals surface area contributed by atoms with Gasteiger partial charge in [-0.3, -0.25) is 4.98 Å². The van der Waals surface area contributed by atoms with Crippen molar-refractivity contribution in [1.29, 1.82) is 0 Å². The lowest BCUT2D eigenvalue weighted by molar-refractivity contribution is 0.116. The second-order valence-electron chi connectivity index (χ2n) is 4.09. The Morgan fingerprint density at radius 2 is 2.13 bits per heavy atom. The van der Waals surface area contributed by atoms with Crippen LogP contribution in [0.25, 0.3) is 0 Å². The fraction of sp³-hybridized carbons (Fsp3) is 0.545. The van der Waals surface area contributed by atoms with Crippen LogP contribution in [-0.4, -0.2) is 23.7 Å². The van der Waals surface area contributed by atoms with E-state index in [1.54, 1.807) is 12.4 Å². The van der Waals surface area contributed by atoms with Crippen LogP contribution in [0.3, 0.4) is 0 Å². The number of halogens is 2. The number of piperidine rings is 1. The predicted molar refractivity (Wildman–Crippen MR) is 61.6 cm³/mol. The minimum absolute atomic E-state index is 0.473. The number of pyridine rings is 1. The Labute approximate surface area is 97.4 Å². The normalized spacial score (nSPS) is 20.1. The summed E-state index contributed by atoms with van der Waals surface area (Å²) in [5.74, 6) is 0. The summed E-state index contributed by atoms with van der Waals surface area (Å²) in [6.07, 6.45) is 5.13. The van der Waals surface area contributed by atoms with Crippen LogP contribution in [0.2, 0.25) is 0 Å². The number of alkyl halides is 1. The van der Waals surface area contributed by atoms with Crippen molar-refractivity contribution in [2.75, 3.05) is 13.1 Å². The average molecular weight is 273 g/mol. The highest BCUT2D eigenvalue weighted by atomic mass is 79.9. The highest BCUT2D eigenvalue weighted by Crippen LogP contribution is 2.28. The summed E-state index contributed by atoms with van der Waals surface area (Å²) in [5, 5.41) is 3.17. The van der Waals surface area contributed by atoms with Crippen molar-refractivity contribution in [2.45, 2.75) is 24.9 Å². The van der Waals surface area contributed by atoms with Crippen LogP contribution >= 0.6 is 15.9 Å². The molecule has 4 heteroatoms. The summed E-state index contributed by atoms with van der Waals surface area (Å²) in [6, 6.07) is 1.94. The number of hydrogen-bond donors (Lipinski definition) is 1. The minimum Gasteiger partial charge on any atom is -0.316 e. The van der Waals surface area contributed by atoms with E-state index in [1.807, 2.05) is 6.07 Å². The van der Waals surface area contributed by atoms with Crippen LogP contribution in [0.15, 0.2) is 22.9 Å². The molecule has 0 atom stereocenters. The predicted octanol–water partition coefficient (Wildman–Crippen LogP) is 2.48. The number of nitrogens with zero attached hydrogens (tertiary/aromatic N) is 1. The topological polar surface area (TPSA) is 24.9 Å². The molecule has 1 aliphatic rings. The van der Waals surface area contributed by atoms with Gasteiger partial charge in [-0.05, 0) is 53.5 Å². The van der Waals surface area contributed by atoms with Gasteiger partial charge in [-0.25, -0.2) is 4.39 Å². The second-order valence-corrected chi connectivity index (χ2v) is 5.00. The third kappa shape index (κ3) is 2.98. The van der Waals surface area contributed by atoms with Gasteiger partial charge >= 0.3 is 0 Å². The first kappa shape index (κ1) is 11.0. The van der Waals surface area contributed by atoms with E-state index in [0.29, 0.717) is 19.3 Å². The van der Waals surface area contributed by atoms with Gasteiger partial charge in [0.25, 0.3) is 0 Å². The fourth-order valence-corrected chi connectivity index (χ4v) is 2.38. The van der Waals surface area contributed by atoms with Crippen molar-refractivity contribution in [1.82, 2.24) is 10.3 Å². The molecule has 2 nitrogen and oxygen atoms in total. The molecule has 1 N–H and O–H groups in total. The van der Waals surface area contributed by atoms with Gasteiger partial charge in [0.15, 0.2) is 0 Å². The van der Waals surface area contributed by atoms with Gasteiger partial charge in [-0.2, -0.15) is 0 Å². The molecule has 1 aliphatic heterocycles. The molecule has 0 bridgehead atoms. The van der Waals surface area contributed by atoms with Crippen molar-refractivity contribution in [3.8, 4) is 0 Å². The smallest absolute Gasteiger partial charge is 0.117 e. The van der Waals surface area contributed by atoms with Crippen molar-refractivity contribution in [3.63, 3.8) is 0 Å². The number of aromatic nitrogens is 1. The number of rotatable bonds is 2. The Hall–Kier alpha value is -0.480.